The van der Waals surface area contributed by atoms with Crippen LogP contribution in [-0.2, 0) is 9.59 Å². The number of carbonyl (C=O) groups is 2. The molecule has 2 amide bonds. The Morgan fingerprint density at radius 1 is 1.53 bits per heavy atom. The molecule has 17 heavy (non-hydrogen) atoms. The standard InChI is InChI=1S/C12H15N3O2/c1-7-3-4-14-8(2)11(7)15-6-9(12(13)17)5-10(15)16/h3-4,9H,5-6H2,1-2H3,(H2,13,17). The zero-order valence-electron chi connectivity index (χ0n) is 9.93. The molecule has 1 aliphatic rings. The second kappa shape index (κ2) is 4.16. The van der Waals surface area contributed by atoms with E-state index in [4.69, 9.17) is 5.73 Å². The van der Waals surface area contributed by atoms with E-state index in [1.807, 2.05) is 19.9 Å². The number of hydrogen-bond donors (Lipinski definition) is 1. The number of carbonyl (C=O) groups excluding carboxylic acids is 2. The number of pyridine rings is 1. The van der Waals surface area contributed by atoms with E-state index in [1.54, 1.807) is 11.1 Å². The fraction of sp³-hybridized carbons (Fsp3) is 0.417. The molecule has 0 spiro atoms. The van der Waals surface area contributed by atoms with Gasteiger partial charge in [0.1, 0.15) is 0 Å². The van der Waals surface area contributed by atoms with Gasteiger partial charge in [-0.2, -0.15) is 0 Å². The molecule has 1 aromatic heterocycles. The molecule has 1 aromatic rings. The Balaban J connectivity index is 2.35. The summed E-state index contributed by atoms with van der Waals surface area (Å²) in [6, 6.07) is 1.85. The van der Waals surface area contributed by atoms with Crippen molar-refractivity contribution in [3.05, 3.63) is 23.5 Å². The molecule has 0 aromatic carbocycles. The fourth-order valence-electron chi connectivity index (χ4n) is 2.21. The van der Waals surface area contributed by atoms with Gasteiger partial charge in [-0.1, -0.05) is 0 Å². The van der Waals surface area contributed by atoms with E-state index in [0.29, 0.717) is 6.54 Å². The van der Waals surface area contributed by atoms with Crippen molar-refractivity contribution in [2.45, 2.75) is 20.3 Å². The number of amides is 2. The normalized spacial score (nSPS) is 19.8. The third-order valence-electron chi connectivity index (χ3n) is 3.11. The molecule has 2 rings (SSSR count). The highest BCUT2D eigenvalue weighted by Crippen LogP contribution is 2.29. The lowest BCUT2D eigenvalue weighted by Gasteiger charge is -2.20. The van der Waals surface area contributed by atoms with Gasteiger partial charge in [0.2, 0.25) is 11.8 Å². The van der Waals surface area contributed by atoms with E-state index in [2.05, 4.69) is 4.98 Å². The summed E-state index contributed by atoms with van der Waals surface area (Å²) in [7, 11) is 0. The number of primary amides is 1. The fourth-order valence-corrected chi connectivity index (χ4v) is 2.21. The van der Waals surface area contributed by atoms with Crippen LogP contribution >= 0.6 is 0 Å². The van der Waals surface area contributed by atoms with Crippen molar-refractivity contribution in [3.8, 4) is 0 Å². The summed E-state index contributed by atoms with van der Waals surface area (Å²) in [5.74, 6) is -0.866. The Hall–Kier alpha value is -1.91. The van der Waals surface area contributed by atoms with Crippen molar-refractivity contribution in [2.75, 3.05) is 11.4 Å². The van der Waals surface area contributed by atoms with Gasteiger partial charge in [0.25, 0.3) is 0 Å². The zero-order valence-corrected chi connectivity index (χ0v) is 9.93. The highest BCUT2D eigenvalue weighted by molar-refractivity contribution is 6.00. The molecule has 1 aliphatic heterocycles. The molecule has 0 bridgehead atoms. The molecule has 5 nitrogen and oxygen atoms in total. The van der Waals surface area contributed by atoms with Crippen molar-refractivity contribution in [3.63, 3.8) is 0 Å². The molecule has 0 radical (unpaired) electrons. The van der Waals surface area contributed by atoms with Gasteiger partial charge in [0.15, 0.2) is 0 Å². The second-order valence-corrected chi connectivity index (χ2v) is 4.37. The van der Waals surface area contributed by atoms with Gasteiger partial charge in [0.05, 0.1) is 17.3 Å². The summed E-state index contributed by atoms with van der Waals surface area (Å²) in [6.07, 6.45) is 1.91. The average Bonchev–Trinajstić information content (AvgIpc) is 2.61. The predicted molar refractivity (Wildman–Crippen MR) is 63.4 cm³/mol. The van der Waals surface area contributed by atoms with Crippen LogP contribution in [0.1, 0.15) is 17.7 Å². The van der Waals surface area contributed by atoms with Crippen molar-refractivity contribution in [1.29, 1.82) is 0 Å². The first kappa shape index (κ1) is 11.6. The Morgan fingerprint density at radius 3 is 2.76 bits per heavy atom. The second-order valence-electron chi connectivity index (χ2n) is 4.37. The lowest BCUT2D eigenvalue weighted by atomic mass is 10.1. The molecular weight excluding hydrogens is 218 g/mol. The van der Waals surface area contributed by atoms with E-state index in [0.717, 1.165) is 16.9 Å². The molecule has 1 fully saturated rings. The largest absolute Gasteiger partial charge is 0.369 e. The Bertz CT molecular complexity index is 464. The van der Waals surface area contributed by atoms with Crippen molar-refractivity contribution >= 4 is 17.5 Å². The molecule has 1 atom stereocenters. The third-order valence-corrected chi connectivity index (χ3v) is 3.11. The van der Waals surface area contributed by atoms with Crippen molar-refractivity contribution in [1.82, 2.24) is 4.98 Å². The quantitative estimate of drug-likeness (QED) is 0.809. The third kappa shape index (κ3) is 2.00. The van der Waals surface area contributed by atoms with E-state index in [1.165, 1.54) is 0 Å². The van der Waals surface area contributed by atoms with Gasteiger partial charge in [0, 0.05) is 19.2 Å². The van der Waals surface area contributed by atoms with E-state index in [9.17, 15) is 9.59 Å². The number of hydrogen-bond acceptors (Lipinski definition) is 3. The van der Waals surface area contributed by atoms with Crippen LogP contribution in [0.25, 0.3) is 0 Å². The highest BCUT2D eigenvalue weighted by atomic mass is 16.2. The number of aromatic nitrogens is 1. The highest BCUT2D eigenvalue weighted by Gasteiger charge is 2.35. The minimum Gasteiger partial charge on any atom is -0.369 e. The Morgan fingerprint density at radius 2 is 2.24 bits per heavy atom. The Kier molecular flexibility index (Phi) is 2.83. The van der Waals surface area contributed by atoms with Gasteiger partial charge >= 0.3 is 0 Å². The van der Waals surface area contributed by atoms with Crippen LogP contribution in [0, 0.1) is 19.8 Å². The van der Waals surface area contributed by atoms with Crippen LogP contribution in [0.3, 0.4) is 0 Å². The predicted octanol–water partition coefficient (Wildman–Crippen LogP) is 0.537. The molecule has 5 heteroatoms. The average molecular weight is 233 g/mol. The summed E-state index contributed by atoms with van der Waals surface area (Å²) >= 11 is 0. The molecular formula is C12H15N3O2. The van der Waals surface area contributed by atoms with Gasteiger partial charge in [-0.25, -0.2) is 0 Å². The van der Waals surface area contributed by atoms with Crippen LogP contribution in [0.15, 0.2) is 12.3 Å². The molecule has 0 aliphatic carbocycles. The molecule has 1 saturated heterocycles. The topological polar surface area (TPSA) is 76.3 Å². The van der Waals surface area contributed by atoms with Crippen LogP contribution in [0.4, 0.5) is 5.69 Å². The molecule has 2 N–H and O–H groups in total. The van der Waals surface area contributed by atoms with Crippen LogP contribution in [0.2, 0.25) is 0 Å². The summed E-state index contributed by atoms with van der Waals surface area (Å²) in [4.78, 5) is 28.8. The van der Waals surface area contributed by atoms with Gasteiger partial charge < -0.3 is 10.6 Å². The zero-order chi connectivity index (χ0) is 12.6. The number of anilines is 1. The van der Waals surface area contributed by atoms with Crippen LogP contribution < -0.4 is 10.6 Å². The number of aryl methyl sites for hydroxylation is 2. The van der Waals surface area contributed by atoms with Crippen LogP contribution in [0.5, 0.6) is 0 Å². The van der Waals surface area contributed by atoms with Crippen molar-refractivity contribution < 1.29 is 9.59 Å². The maximum atomic E-state index is 11.9. The Labute approximate surface area is 99.6 Å². The first-order chi connectivity index (χ1) is 8.00. The van der Waals surface area contributed by atoms with Gasteiger partial charge in [-0.15, -0.1) is 0 Å². The summed E-state index contributed by atoms with van der Waals surface area (Å²) < 4.78 is 0. The summed E-state index contributed by atoms with van der Waals surface area (Å²) in [5.41, 5.74) is 7.83. The van der Waals surface area contributed by atoms with Gasteiger partial charge in [-0.3, -0.25) is 14.6 Å². The monoisotopic (exact) mass is 233 g/mol. The maximum absolute atomic E-state index is 11.9. The molecule has 2 heterocycles. The molecule has 90 valence electrons. The minimum absolute atomic E-state index is 0.0620. The van der Waals surface area contributed by atoms with E-state index in [-0.39, 0.29) is 18.2 Å². The number of nitrogens with two attached hydrogens (primary N) is 1. The van der Waals surface area contributed by atoms with Gasteiger partial charge in [-0.05, 0) is 25.5 Å². The van der Waals surface area contributed by atoms with Crippen molar-refractivity contribution in [2.24, 2.45) is 11.7 Å². The van der Waals surface area contributed by atoms with E-state index < -0.39 is 5.91 Å². The molecule has 0 saturated carbocycles. The lowest BCUT2D eigenvalue weighted by Crippen LogP contribution is -2.29. The first-order valence-electron chi connectivity index (χ1n) is 5.52. The van der Waals surface area contributed by atoms with Crippen LogP contribution in [-0.4, -0.2) is 23.3 Å². The summed E-state index contributed by atoms with van der Waals surface area (Å²) in [5, 5.41) is 0. The smallest absolute Gasteiger partial charge is 0.227 e. The number of nitrogens with zero attached hydrogens (tertiary/aromatic N) is 2. The minimum atomic E-state index is -0.417. The van der Waals surface area contributed by atoms with E-state index >= 15 is 0 Å². The molecule has 1 unspecified atom stereocenters. The first-order valence-corrected chi connectivity index (χ1v) is 5.52. The maximum Gasteiger partial charge on any atom is 0.227 e. The SMILES string of the molecule is Cc1ccnc(C)c1N1CC(C(N)=O)CC1=O. The number of rotatable bonds is 2. The summed E-state index contributed by atoms with van der Waals surface area (Å²) in [6.45, 7) is 4.14. The lowest BCUT2D eigenvalue weighted by molar-refractivity contribution is -0.123.